The molecule has 5 heteroatoms. The minimum Gasteiger partial charge on any atom is -0.493 e. The number of methoxy groups -OCH3 is 3. The summed E-state index contributed by atoms with van der Waals surface area (Å²) in [6, 6.07) is 1.93. The molecule has 17 heavy (non-hydrogen) atoms. The highest BCUT2D eigenvalue weighted by molar-refractivity contribution is 5.86. The van der Waals surface area contributed by atoms with Crippen molar-refractivity contribution in [1.29, 1.82) is 0 Å². The lowest BCUT2D eigenvalue weighted by atomic mass is 10.0. The number of aliphatic imine (C=N–C) groups is 1. The van der Waals surface area contributed by atoms with Crippen LogP contribution in [-0.2, 0) is 6.42 Å². The molecule has 0 saturated heterocycles. The van der Waals surface area contributed by atoms with E-state index in [2.05, 4.69) is 4.99 Å². The number of ether oxygens (including phenoxy) is 3. The summed E-state index contributed by atoms with van der Waals surface area (Å²) in [7, 11) is 4.87. The number of rotatable bonds is 3. The zero-order valence-electron chi connectivity index (χ0n) is 10.1. The summed E-state index contributed by atoms with van der Waals surface area (Å²) in [6.07, 6.45) is 2.72. The Balaban J connectivity index is 0.00000144. The Morgan fingerprint density at radius 2 is 1.76 bits per heavy atom. The maximum absolute atomic E-state index is 5.41. The number of halogens is 1. The van der Waals surface area contributed by atoms with Crippen molar-refractivity contribution in [3.05, 3.63) is 17.2 Å². The number of hydrogen-bond acceptors (Lipinski definition) is 4. The van der Waals surface area contributed by atoms with Gasteiger partial charge in [-0.3, -0.25) is 4.99 Å². The average Bonchev–Trinajstić information content (AvgIpc) is 2.36. The fraction of sp³-hybridized carbons (Fsp3) is 0.417. The molecule has 0 atom stereocenters. The summed E-state index contributed by atoms with van der Waals surface area (Å²) in [5, 5.41) is 0. The fourth-order valence-corrected chi connectivity index (χ4v) is 1.95. The van der Waals surface area contributed by atoms with Crippen LogP contribution in [-0.4, -0.2) is 34.1 Å². The molecule has 0 spiro atoms. The SMILES string of the molecule is COc1cc2c(c(OC)c1OC)CCN=C2.Cl. The van der Waals surface area contributed by atoms with Gasteiger partial charge in [0.1, 0.15) is 0 Å². The van der Waals surface area contributed by atoms with Crippen molar-refractivity contribution in [3.63, 3.8) is 0 Å². The van der Waals surface area contributed by atoms with Gasteiger partial charge in [-0.15, -0.1) is 12.4 Å². The monoisotopic (exact) mass is 257 g/mol. The molecule has 0 fully saturated rings. The van der Waals surface area contributed by atoms with Crippen LogP contribution < -0.4 is 14.2 Å². The fourth-order valence-electron chi connectivity index (χ4n) is 1.95. The van der Waals surface area contributed by atoms with E-state index in [0.29, 0.717) is 11.5 Å². The van der Waals surface area contributed by atoms with Crippen LogP contribution in [0.4, 0.5) is 0 Å². The van der Waals surface area contributed by atoms with Crippen LogP contribution in [0.25, 0.3) is 0 Å². The summed E-state index contributed by atoms with van der Waals surface area (Å²) >= 11 is 0. The van der Waals surface area contributed by atoms with Crippen LogP contribution >= 0.6 is 12.4 Å². The first-order chi connectivity index (χ1) is 7.81. The van der Waals surface area contributed by atoms with Gasteiger partial charge in [0.2, 0.25) is 5.75 Å². The summed E-state index contributed by atoms with van der Waals surface area (Å²) in [5.74, 6) is 2.08. The molecule has 0 aromatic heterocycles. The van der Waals surface area contributed by atoms with Gasteiger partial charge in [-0.05, 0) is 12.5 Å². The highest BCUT2D eigenvalue weighted by Crippen LogP contribution is 2.42. The molecule has 0 bridgehead atoms. The molecule has 0 N–H and O–H groups in total. The Hall–Kier alpha value is -1.42. The van der Waals surface area contributed by atoms with Crippen molar-refractivity contribution in [2.45, 2.75) is 6.42 Å². The third-order valence-corrected chi connectivity index (χ3v) is 2.69. The molecule has 0 saturated carbocycles. The van der Waals surface area contributed by atoms with Crippen LogP contribution in [0, 0.1) is 0 Å². The summed E-state index contributed by atoms with van der Waals surface area (Å²) in [5.41, 5.74) is 2.18. The molecule has 1 aromatic carbocycles. The van der Waals surface area contributed by atoms with Crippen molar-refractivity contribution in [1.82, 2.24) is 0 Å². The third-order valence-electron chi connectivity index (χ3n) is 2.69. The zero-order chi connectivity index (χ0) is 11.5. The van der Waals surface area contributed by atoms with E-state index >= 15 is 0 Å². The second-order valence-corrected chi connectivity index (χ2v) is 3.50. The van der Waals surface area contributed by atoms with Gasteiger partial charge in [0.05, 0.1) is 21.3 Å². The topological polar surface area (TPSA) is 40.0 Å². The number of hydrogen-bond donors (Lipinski definition) is 0. The number of fused-ring (bicyclic) bond motifs is 1. The molecule has 1 heterocycles. The molecule has 1 aliphatic heterocycles. The smallest absolute Gasteiger partial charge is 0.203 e. The normalized spacial score (nSPS) is 12.4. The van der Waals surface area contributed by atoms with Crippen LogP contribution in [0.2, 0.25) is 0 Å². The Labute approximate surface area is 107 Å². The molecular formula is C12H16ClNO3. The Morgan fingerprint density at radius 1 is 1.06 bits per heavy atom. The van der Waals surface area contributed by atoms with E-state index in [1.807, 2.05) is 12.3 Å². The zero-order valence-corrected chi connectivity index (χ0v) is 11.0. The van der Waals surface area contributed by atoms with E-state index in [1.165, 1.54) is 0 Å². The maximum atomic E-state index is 5.41. The highest BCUT2D eigenvalue weighted by atomic mass is 35.5. The van der Waals surface area contributed by atoms with Crippen LogP contribution in [0.1, 0.15) is 11.1 Å². The molecule has 1 aromatic rings. The van der Waals surface area contributed by atoms with Crippen molar-refractivity contribution >= 4 is 18.6 Å². The molecule has 4 nitrogen and oxygen atoms in total. The third kappa shape index (κ3) is 2.31. The van der Waals surface area contributed by atoms with Gasteiger partial charge in [0, 0.05) is 23.9 Å². The Kier molecular flexibility index (Phi) is 4.63. The van der Waals surface area contributed by atoms with Gasteiger partial charge in [-0.1, -0.05) is 0 Å². The average molecular weight is 258 g/mol. The molecular weight excluding hydrogens is 242 g/mol. The van der Waals surface area contributed by atoms with Crippen molar-refractivity contribution in [3.8, 4) is 17.2 Å². The predicted octanol–water partition coefficient (Wildman–Crippen LogP) is 2.11. The largest absolute Gasteiger partial charge is 0.493 e. The Morgan fingerprint density at radius 3 is 2.35 bits per heavy atom. The second-order valence-electron chi connectivity index (χ2n) is 3.50. The standard InChI is InChI=1S/C12H15NO3.ClH/c1-14-10-6-8-7-13-5-4-9(8)11(15-2)12(10)16-3;/h6-7H,4-5H2,1-3H3;1H. The van der Waals surface area contributed by atoms with E-state index < -0.39 is 0 Å². The predicted molar refractivity (Wildman–Crippen MR) is 69.5 cm³/mol. The quantitative estimate of drug-likeness (QED) is 0.833. The molecule has 0 aliphatic carbocycles. The van der Waals surface area contributed by atoms with Gasteiger partial charge < -0.3 is 14.2 Å². The van der Waals surface area contributed by atoms with Gasteiger partial charge in [0.15, 0.2) is 11.5 Å². The highest BCUT2D eigenvalue weighted by Gasteiger charge is 2.20. The summed E-state index contributed by atoms with van der Waals surface area (Å²) < 4.78 is 16.0. The van der Waals surface area contributed by atoms with E-state index in [1.54, 1.807) is 21.3 Å². The number of benzene rings is 1. The molecule has 0 amide bonds. The minimum absolute atomic E-state index is 0. The summed E-state index contributed by atoms with van der Waals surface area (Å²) in [6.45, 7) is 0.791. The van der Waals surface area contributed by atoms with Gasteiger partial charge in [0.25, 0.3) is 0 Å². The van der Waals surface area contributed by atoms with Gasteiger partial charge >= 0.3 is 0 Å². The Bertz CT molecular complexity index is 432. The molecule has 0 radical (unpaired) electrons. The van der Waals surface area contributed by atoms with E-state index in [4.69, 9.17) is 14.2 Å². The van der Waals surface area contributed by atoms with Crippen LogP contribution in [0.15, 0.2) is 11.1 Å². The summed E-state index contributed by atoms with van der Waals surface area (Å²) in [4.78, 5) is 4.25. The van der Waals surface area contributed by atoms with Crippen LogP contribution in [0.5, 0.6) is 17.2 Å². The van der Waals surface area contributed by atoms with Crippen molar-refractivity contribution in [2.24, 2.45) is 4.99 Å². The second kappa shape index (κ2) is 5.77. The van der Waals surface area contributed by atoms with Crippen molar-refractivity contribution < 1.29 is 14.2 Å². The lowest BCUT2D eigenvalue weighted by Crippen LogP contribution is -2.07. The van der Waals surface area contributed by atoms with Crippen molar-refractivity contribution in [2.75, 3.05) is 27.9 Å². The minimum atomic E-state index is 0. The lowest BCUT2D eigenvalue weighted by Gasteiger charge is -2.19. The molecule has 2 rings (SSSR count). The van der Waals surface area contributed by atoms with E-state index in [0.717, 1.165) is 29.8 Å². The molecule has 94 valence electrons. The molecule has 0 unspecified atom stereocenters. The first kappa shape index (κ1) is 13.6. The van der Waals surface area contributed by atoms with Gasteiger partial charge in [-0.2, -0.15) is 0 Å². The first-order valence-corrected chi connectivity index (χ1v) is 5.13. The van der Waals surface area contributed by atoms with Gasteiger partial charge in [-0.25, -0.2) is 0 Å². The van der Waals surface area contributed by atoms with E-state index in [-0.39, 0.29) is 12.4 Å². The van der Waals surface area contributed by atoms with Crippen LogP contribution in [0.3, 0.4) is 0 Å². The van der Waals surface area contributed by atoms with E-state index in [9.17, 15) is 0 Å². The number of nitrogens with zero attached hydrogens (tertiary/aromatic N) is 1. The first-order valence-electron chi connectivity index (χ1n) is 5.13. The maximum Gasteiger partial charge on any atom is 0.203 e. The lowest BCUT2D eigenvalue weighted by molar-refractivity contribution is 0.322. The molecule has 1 aliphatic rings.